The number of morpholine rings is 1. The van der Waals surface area contributed by atoms with Crippen LogP contribution in [0.2, 0.25) is 0 Å². The zero-order valence-corrected chi connectivity index (χ0v) is 16.6. The smallest absolute Gasteiger partial charge is 0.270 e. The second-order valence-electron chi connectivity index (χ2n) is 6.00. The third kappa shape index (κ3) is 4.71. The van der Waals surface area contributed by atoms with Gasteiger partial charge in [-0.05, 0) is 35.7 Å². The van der Waals surface area contributed by atoms with Crippen LogP contribution in [0.3, 0.4) is 0 Å². The van der Waals surface area contributed by atoms with Gasteiger partial charge in [0.05, 0.1) is 27.4 Å². The van der Waals surface area contributed by atoms with Gasteiger partial charge in [0.25, 0.3) is 11.8 Å². The van der Waals surface area contributed by atoms with E-state index in [1.165, 1.54) is 25.6 Å². The lowest BCUT2D eigenvalue weighted by molar-refractivity contribution is -0.131. The van der Waals surface area contributed by atoms with Gasteiger partial charge in [-0.25, -0.2) is 0 Å². The maximum absolute atomic E-state index is 13.0. The molecule has 1 aromatic carbocycles. The maximum atomic E-state index is 13.0. The zero-order valence-electron chi connectivity index (χ0n) is 15.8. The number of hydrogen-bond donors (Lipinski definition) is 1. The van der Waals surface area contributed by atoms with Gasteiger partial charge < -0.3 is 24.4 Å². The fourth-order valence-corrected chi connectivity index (χ4v) is 3.43. The number of methoxy groups -OCH3 is 2. The normalized spacial score (nSPS) is 14.5. The topological polar surface area (TPSA) is 77.1 Å². The summed E-state index contributed by atoms with van der Waals surface area (Å²) in [6, 6.07) is 8.64. The predicted octanol–water partition coefficient (Wildman–Crippen LogP) is 2.40. The van der Waals surface area contributed by atoms with Crippen molar-refractivity contribution in [3.05, 3.63) is 51.8 Å². The summed E-state index contributed by atoms with van der Waals surface area (Å²) in [6.07, 6.45) is 1.70. The van der Waals surface area contributed by atoms with Crippen molar-refractivity contribution >= 4 is 29.2 Å². The summed E-state index contributed by atoms with van der Waals surface area (Å²) in [5.74, 6) is 0.340. The lowest BCUT2D eigenvalue weighted by Gasteiger charge is -2.27. The van der Waals surface area contributed by atoms with Gasteiger partial charge in [0.2, 0.25) is 0 Å². The molecule has 7 nitrogen and oxygen atoms in total. The van der Waals surface area contributed by atoms with Crippen molar-refractivity contribution in [2.45, 2.75) is 0 Å². The molecule has 2 heterocycles. The van der Waals surface area contributed by atoms with Crippen molar-refractivity contribution < 1.29 is 23.8 Å². The van der Waals surface area contributed by atoms with Crippen LogP contribution in [-0.4, -0.2) is 57.2 Å². The molecule has 8 heteroatoms. The van der Waals surface area contributed by atoms with E-state index in [0.29, 0.717) is 43.4 Å². The molecule has 1 aliphatic heterocycles. The van der Waals surface area contributed by atoms with Crippen LogP contribution < -0.4 is 14.8 Å². The summed E-state index contributed by atoms with van der Waals surface area (Å²) in [7, 11) is 3.03. The molecular weight excluding hydrogens is 380 g/mol. The SMILES string of the molecule is COc1ccc(C(=O)NC(=Cc2cccs2)C(=O)N2CCOCC2)cc1OC. The van der Waals surface area contributed by atoms with E-state index in [1.807, 2.05) is 17.5 Å². The first kappa shape index (κ1) is 19.9. The summed E-state index contributed by atoms with van der Waals surface area (Å²) < 4.78 is 15.8. The van der Waals surface area contributed by atoms with Gasteiger partial charge in [-0.3, -0.25) is 9.59 Å². The van der Waals surface area contributed by atoms with Crippen LogP contribution in [0.5, 0.6) is 11.5 Å². The molecule has 28 heavy (non-hydrogen) atoms. The van der Waals surface area contributed by atoms with Gasteiger partial charge in [0.1, 0.15) is 5.70 Å². The third-order valence-electron chi connectivity index (χ3n) is 4.25. The molecule has 2 aromatic rings. The second-order valence-corrected chi connectivity index (χ2v) is 6.98. The number of benzene rings is 1. The van der Waals surface area contributed by atoms with E-state index in [2.05, 4.69) is 5.32 Å². The minimum Gasteiger partial charge on any atom is -0.493 e. The van der Waals surface area contributed by atoms with Crippen LogP contribution in [0, 0.1) is 0 Å². The molecule has 3 rings (SSSR count). The van der Waals surface area contributed by atoms with Crippen LogP contribution >= 0.6 is 11.3 Å². The average molecular weight is 402 g/mol. The Morgan fingerprint density at radius 3 is 2.54 bits per heavy atom. The largest absolute Gasteiger partial charge is 0.493 e. The summed E-state index contributed by atoms with van der Waals surface area (Å²) >= 11 is 1.49. The molecule has 0 aliphatic carbocycles. The van der Waals surface area contributed by atoms with Gasteiger partial charge in [0, 0.05) is 23.5 Å². The highest BCUT2D eigenvalue weighted by Gasteiger charge is 2.23. The van der Waals surface area contributed by atoms with E-state index >= 15 is 0 Å². The minimum atomic E-state index is -0.398. The van der Waals surface area contributed by atoms with Crippen LogP contribution in [0.1, 0.15) is 15.2 Å². The Morgan fingerprint density at radius 2 is 1.89 bits per heavy atom. The van der Waals surface area contributed by atoms with Gasteiger partial charge in [-0.15, -0.1) is 11.3 Å². The molecule has 148 valence electrons. The molecule has 0 unspecified atom stereocenters. The fourth-order valence-electron chi connectivity index (χ4n) is 2.78. The Kier molecular flexibility index (Phi) is 6.67. The lowest BCUT2D eigenvalue weighted by Crippen LogP contribution is -2.44. The monoisotopic (exact) mass is 402 g/mol. The molecule has 0 bridgehead atoms. The Labute approximate surface area is 167 Å². The first-order chi connectivity index (χ1) is 13.6. The van der Waals surface area contributed by atoms with Gasteiger partial charge >= 0.3 is 0 Å². The summed E-state index contributed by atoms with van der Waals surface area (Å²) in [6.45, 7) is 1.96. The summed E-state index contributed by atoms with van der Waals surface area (Å²) in [5, 5.41) is 4.67. The number of hydrogen-bond acceptors (Lipinski definition) is 6. The van der Waals surface area contributed by atoms with E-state index in [4.69, 9.17) is 14.2 Å². The van der Waals surface area contributed by atoms with Crippen molar-refractivity contribution in [2.75, 3.05) is 40.5 Å². The van der Waals surface area contributed by atoms with E-state index in [9.17, 15) is 9.59 Å². The highest BCUT2D eigenvalue weighted by atomic mass is 32.1. The second kappa shape index (κ2) is 9.38. The van der Waals surface area contributed by atoms with Crippen molar-refractivity contribution in [3.63, 3.8) is 0 Å². The maximum Gasteiger partial charge on any atom is 0.270 e. The number of ether oxygens (including phenoxy) is 3. The van der Waals surface area contributed by atoms with Crippen molar-refractivity contribution in [3.8, 4) is 11.5 Å². The number of amides is 2. The van der Waals surface area contributed by atoms with Crippen LogP contribution in [0.15, 0.2) is 41.4 Å². The lowest BCUT2D eigenvalue weighted by atomic mass is 10.1. The Hall–Kier alpha value is -2.84. The van der Waals surface area contributed by atoms with Crippen molar-refractivity contribution in [1.82, 2.24) is 10.2 Å². The zero-order chi connectivity index (χ0) is 19.9. The fraction of sp³-hybridized carbons (Fsp3) is 0.300. The predicted molar refractivity (Wildman–Crippen MR) is 107 cm³/mol. The molecule has 1 aliphatic rings. The minimum absolute atomic E-state index is 0.226. The number of carbonyl (C=O) groups is 2. The van der Waals surface area contributed by atoms with E-state index in [1.54, 1.807) is 29.2 Å². The Balaban J connectivity index is 1.84. The molecular formula is C20H22N2O5S. The third-order valence-corrected chi connectivity index (χ3v) is 5.07. The van der Waals surface area contributed by atoms with Gasteiger partial charge in [-0.1, -0.05) is 6.07 Å². The van der Waals surface area contributed by atoms with Crippen molar-refractivity contribution in [1.29, 1.82) is 0 Å². The van der Waals surface area contributed by atoms with Crippen LogP contribution in [-0.2, 0) is 9.53 Å². The molecule has 0 radical (unpaired) electrons. The highest BCUT2D eigenvalue weighted by molar-refractivity contribution is 7.10. The van der Waals surface area contributed by atoms with Crippen LogP contribution in [0.4, 0.5) is 0 Å². The molecule has 1 saturated heterocycles. The van der Waals surface area contributed by atoms with E-state index in [-0.39, 0.29) is 11.6 Å². The van der Waals surface area contributed by atoms with Crippen LogP contribution in [0.25, 0.3) is 6.08 Å². The quantitative estimate of drug-likeness (QED) is 0.751. The summed E-state index contributed by atoms with van der Waals surface area (Å²) in [5.41, 5.74) is 0.591. The first-order valence-corrected chi connectivity index (χ1v) is 9.66. The van der Waals surface area contributed by atoms with E-state index in [0.717, 1.165) is 4.88 Å². The molecule has 1 aromatic heterocycles. The molecule has 2 amide bonds. The van der Waals surface area contributed by atoms with E-state index < -0.39 is 5.91 Å². The molecule has 0 spiro atoms. The first-order valence-electron chi connectivity index (χ1n) is 8.78. The molecule has 0 atom stereocenters. The highest BCUT2D eigenvalue weighted by Crippen LogP contribution is 2.27. The Bertz CT molecular complexity index is 857. The number of nitrogens with one attached hydrogen (secondary N) is 1. The Morgan fingerprint density at radius 1 is 1.14 bits per heavy atom. The number of rotatable bonds is 6. The average Bonchev–Trinajstić information content (AvgIpc) is 3.25. The van der Waals surface area contributed by atoms with Crippen molar-refractivity contribution in [2.24, 2.45) is 0 Å². The molecule has 0 saturated carbocycles. The van der Waals surface area contributed by atoms with Gasteiger partial charge in [-0.2, -0.15) is 0 Å². The molecule has 1 fully saturated rings. The number of nitrogens with zero attached hydrogens (tertiary/aromatic N) is 1. The van der Waals surface area contributed by atoms with Gasteiger partial charge in [0.15, 0.2) is 11.5 Å². The standard InChI is InChI=1S/C20H22N2O5S/c1-25-17-6-5-14(12-18(17)26-2)19(23)21-16(13-15-4-3-11-28-15)20(24)22-7-9-27-10-8-22/h3-6,11-13H,7-10H2,1-2H3,(H,21,23). The number of carbonyl (C=O) groups excluding carboxylic acids is 2. The summed E-state index contributed by atoms with van der Waals surface area (Å²) in [4.78, 5) is 28.3. The molecule has 1 N–H and O–H groups in total. The number of thiophene rings is 1.